The summed E-state index contributed by atoms with van der Waals surface area (Å²) < 4.78 is 7.16. The predicted molar refractivity (Wildman–Crippen MR) is 146 cm³/mol. The van der Waals surface area contributed by atoms with Gasteiger partial charge in [0.05, 0.1) is 6.10 Å². The Labute approximate surface area is 196 Å². The van der Waals surface area contributed by atoms with E-state index in [2.05, 4.69) is 131 Å². The van der Waals surface area contributed by atoms with E-state index in [9.17, 15) is 0 Å². The summed E-state index contributed by atoms with van der Waals surface area (Å²) in [6.07, 6.45) is 2.73. The van der Waals surface area contributed by atoms with Gasteiger partial charge in [0.15, 0.2) is 8.32 Å². The summed E-state index contributed by atoms with van der Waals surface area (Å²) in [6, 6.07) is 33.4. The Morgan fingerprint density at radius 2 is 1.12 bits per heavy atom. The van der Waals surface area contributed by atoms with Crippen molar-refractivity contribution in [2.45, 2.75) is 57.8 Å². The molecule has 0 heterocycles. The molecule has 0 aromatic heterocycles. The molecule has 0 aliphatic heterocycles. The number of hydrogen-bond donors (Lipinski definition) is 0. The van der Waals surface area contributed by atoms with Gasteiger partial charge in [-0.15, -0.1) is 0 Å². The summed E-state index contributed by atoms with van der Waals surface area (Å²) in [7, 11) is -1.91. The zero-order valence-corrected chi connectivity index (χ0v) is 22.1. The highest BCUT2D eigenvalue weighted by Gasteiger charge is 2.43. The van der Waals surface area contributed by atoms with E-state index in [-0.39, 0.29) is 11.1 Å². The van der Waals surface area contributed by atoms with Crippen molar-refractivity contribution in [1.82, 2.24) is 0 Å². The van der Waals surface area contributed by atoms with Crippen LogP contribution in [0, 0.1) is 5.92 Å². The molecule has 1 aliphatic carbocycles. The van der Waals surface area contributed by atoms with E-state index in [4.69, 9.17) is 4.43 Å². The molecule has 0 radical (unpaired) electrons. The van der Waals surface area contributed by atoms with Gasteiger partial charge in [-0.2, -0.15) is 0 Å². The van der Waals surface area contributed by atoms with Crippen LogP contribution in [-0.4, -0.2) is 20.2 Å². The van der Waals surface area contributed by atoms with Gasteiger partial charge in [0.2, 0.25) is 0 Å². The molecule has 0 saturated heterocycles. The summed E-state index contributed by atoms with van der Waals surface area (Å²) in [5.74, 6) is 3.30. The van der Waals surface area contributed by atoms with Crippen LogP contribution >= 0.6 is 6.89 Å². The SMILES string of the molecule is CC(C)(C)[Si](C)(C)O[C@H](C=P(c1ccccc1)(c1ccccc1)c1ccccc1)C1CC1. The van der Waals surface area contributed by atoms with Crippen LogP contribution in [0.15, 0.2) is 91.0 Å². The molecule has 3 aromatic rings. The highest BCUT2D eigenvalue weighted by atomic mass is 31.2. The zero-order valence-electron chi connectivity index (χ0n) is 20.2. The van der Waals surface area contributed by atoms with Crippen LogP contribution in [0.25, 0.3) is 0 Å². The maximum absolute atomic E-state index is 7.16. The fraction of sp³-hybridized carbons (Fsp3) is 0.345. The number of hydrogen-bond acceptors (Lipinski definition) is 1. The second-order valence-corrected chi connectivity index (χ2v) is 18.6. The molecule has 1 atom stereocenters. The van der Waals surface area contributed by atoms with Crippen molar-refractivity contribution in [2.24, 2.45) is 5.92 Å². The van der Waals surface area contributed by atoms with Crippen molar-refractivity contribution < 1.29 is 4.43 Å². The zero-order chi connectivity index (χ0) is 22.8. The monoisotopic (exact) mass is 460 g/mol. The molecule has 1 nitrogen and oxygen atoms in total. The Morgan fingerprint density at radius 1 is 0.750 bits per heavy atom. The first-order valence-corrected chi connectivity index (χ1v) is 16.6. The molecule has 0 amide bonds. The third kappa shape index (κ3) is 4.74. The minimum absolute atomic E-state index is 0.185. The first kappa shape index (κ1) is 23.3. The second kappa shape index (κ2) is 9.18. The van der Waals surface area contributed by atoms with Crippen molar-refractivity contribution in [1.29, 1.82) is 0 Å². The van der Waals surface area contributed by atoms with Crippen LogP contribution in [0.1, 0.15) is 33.6 Å². The molecule has 32 heavy (non-hydrogen) atoms. The lowest BCUT2D eigenvalue weighted by Crippen LogP contribution is -2.45. The molecule has 0 spiro atoms. The summed E-state index contributed by atoms with van der Waals surface area (Å²) in [4.78, 5) is 0. The minimum atomic E-state index is -1.99. The molecule has 3 heteroatoms. The van der Waals surface area contributed by atoms with Gasteiger partial charge in [-0.05, 0) is 65.5 Å². The molecule has 0 bridgehead atoms. The lowest BCUT2D eigenvalue weighted by Gasteiger charge is -2.40. The molecular formula is C29H37OPSi. The van der Waals surface area contributed by atoms with Crippen molar-refractivity contribution in [3.8, 4) is 0 Å². The van der Waals surface area contributed by atoms with E-state index in [1.165, 1.54) is 28.8 Å². The Hall–Kier alpha value is -1.86. The first-order chi connectivity index (χ1) is 15.2. The Kier molecular flexibility index (Phi) is 6.68. The number of rotatable bonds is 7. The first-order valence-electron chi connectivity index (χ1n) is 11.8. The molecule has 0 N–H and O–H groups in total. The molecule has 3 aromatic carbocycles. The van der Waals surface area contributed by atoms with E-state index >= 15 is 0 Å². The van der Waals surface area contributed by atoms with Gasteiger partial charge in [0.25, 0.3) is 0 Å². The van der Waals surface area contributed by atoms with Gasteiger partial charge >= 0.3 is 0 Å². The largest absolute Gasteiger partial charge is 0.410 e. The second-order valence-electron chi connectivity index (χ2n) is 10.6. The predicted octanol–water partition coefficient (Wildman–Crippen LogP) is 6.58. The van der Waals surface area contributed by atoms with E-state index in [0.29, 0.717) is 5.92 Å². The maximum Gasteiger partial charge on any atom is 0.192 e. The van der Waals surface area contributed by atoms with E-state index in [0.717, 1.165) is 0 Å². The van der Waals surface area contributed by atoms with Crippen LogP contribution in [0.4, 0.5) is 0 Å². The fourth-order valence-electron chi connectivity index (χ4n) is 4.11. The highest BCUT2D eigenvalue weighted by Crippen LogP contribution is 2.48. The highest BCUT2D eigenvalue weighted by molar-refractivity contribution is 7.94. The molecule has 4 rings (SSSR count). The summed E-state index contributed by atoms with van der Waals surface area (Å²) in [5.41, 5.74) is 0. The third-order valence-corrected chi connectivity index (χ3v) is 15.7. The maximum atomic E-state index is 7.16. The standard InChI is InChI=1S/C29H37OPSi/c1-29(2,3)32(4,5)30-28(24-21-22-24)23-31(25-15-9-6-10-16-25,26-17-11-7-12-18-26)27-19-13-8-14-20-27/h6-20,23-24,28H,21-22H2,1-5H3/t28-/m1/s1. The van der Waals surface area contributed by atoms with Crippen LogP contribution in [0.2, 0.25) is 18.1 Å². The van der Waals surface area contributed by atoms with Gasteiger partial charge in [0, 0.05) is 0 Å². The van der Waals surface area contributed by atoms with Gasteiger partial charge in [0.1, 0.15) is 0 Å². The van der Waals surface area contributed by atoms with Gasteiger partial charge in [-0.1, -0.05) is 112 Å². The summed E-state index contributed by atoms with van der Waals surface area (Å²) in [6.45, 7) is 9.83. The van der Waals surface area contributed by atoms with Crippen LogP contribution in [0.5, 0.6) is 0 Å². The van der Waals surface area contributed by atoms with Crippen LogP contribution in [-0.2, 0) is 4.43 Å². The molecular weight excluding hydrogens is 423 g/mol. The topological polar surface area (TPSA) is 9.23 Å². The summed E-state index contributed by atoms with van der Waals surface area (Å²) >= 11 is 0. The Morgan fingerprint density at radius 3 is 1.44 bits per heavy atom. The number of benzene rings is 3. The van der Waals surface area contributed by atoms with Crippen LogP contribution in [0.3, 0.4) is 0 Å². The van der Waals surface area contributed by atoms with Gasteiger partial charge in [-0.3, -0.25) is 0 Å². The molecule has 1 saturated carbocycles. The van der Waals surface area contributed by atoms with Crippen molar-refractivity contribution in [3.63, 3.8) is 0 Å². The minimum Gasteiger partial charge on any atom is -0.410 e. The molecule has 168 valence electrons. The van der Waals surface area contributed by atoms with E-state index < -0.39 is 15.2 Å². The smallest absolute Gasteiger partial charge is 0.192 e. The normalized spacial score (nSPS) is 15.9. The fourth-order valence-corrected chi connectivity index (χ4v) is 9.60. The third-order valence-electron chi connectivity index (χ3n) is 7.18. The lowest BCUT2D eigenvalue weighted by atomic mass is 10.2. The van der Waals surface area contributed by atoms with Gasteiger partial charge < -0.3 is 4.43 Å². The molecule has 1 fully saturated rings. The average molecular weight is 461 g/mol. The van der Waals surface area contributed by atoms with Crippen molar-refractivity contribution in [2.75, 3.05) is 0 Å². The van der Waals surface area contributed by atoms with Crippen molar-refractivity contribution in [3.05, 3.63) is 91.0 Å². The Bertz CT molecular complexity index is 961. The Balaban J connectivity index is 1.99. The van der Waals surface area contributed by atoms with Crippen molar-refractivity contribution >= 4 is 36.9 Å². The van der Waals surface area contributed by atoms with E-state index in [1.807, 2.05) is 0 Å². The molecule has 1 aliphatic rings. The quantitative estimate of drug-likeness (QED) is 0.286. The summed E-state index contributed by atoms with van der Waals surface area (Å²) in [5, 5.41) is 4.41. The molecule has 0 unspecified atom stereocenters. The lowest BCUT2D eigenvalue weighted by molar-refractivity contribution is 0.226. The van der Waals surface area contributed by atoms with E-state index in [1.54, 1.807) is 0 Å². The average Bonchev–Trinajstić information content (AvgIpc) is 3.63. The van der Waals surface area contributed by atoms with Crippen LogP contribution < -0.4 is 15.9 Å². The van der Waals surface area contributed by atoms with Gasteiger partial charge in [-0.25, -0.2) is 0 Å².